The van der Waals surface area contributed by atoms with E-state index >= 15 is 0 Å². The lowest BCUT2D eigenvalue weighted by atomic mass is 10.1. The van der Waals surface area contributed by atoms with Gasteiger partial charge in [0.25, 0.3) is 0 Å². The number of halogens is 3. The van der Waals surface area contributed by atoms with Gasteiger partial charge in [-0.3, -0.25) is 5.43 Å². The zero-order valence-electron chi connectivity index (χ0n) is 10.1. The molecule has 0 saturated carbocycles. The lowest BCUT2D eigenvalue weighted by Gasteiger charge is -2.08. The molecule has 0 amide bonds. The average Bonchev–Trinajstić information content (AvgIpc) is 2.38. The SMILES string of the molecule is CC(=NNc1c(Cl)cc(Cl)cc1Cl)c1ccccc1. The van der Waals surface area contributed by atoms with E-state index in [9.17, 15) is 0 Å². The van der Waals surface area contributed by atoms with Crippen molar-refractivity contribution in [2.75, 3.05) is 5.43 Å². The first-order valence-corrected chi connectivity index (χ1v) is 6.71. The van der Waals surface area contributed by atoms with Gasteiger partial charge in [-0.05, 0) is 24.6 Å². The van der Waals surface area contributed by atoms with Crippen LogP contribution < -0.4 is 5.43 Å². The molecule has 2 rings (SSSR count). The molecule has 19 heavy (non-hydrogen) atoms. The molecule has 0 unspecified atom stereocenters. The minimum atomic E-state index is 0.433. The van der Waals surface area contributed by atoms with Crippen LogP contribution in [0.3, 0.4) is 0 Å². The first kappa shape index (κ1) is 14.2. The number of hydrogen-bond acceptors (Lipinski definition) is 2. The second-order valence-corrected chi connectivity index (χ2v) is 5.17. The van der Waals surface area contributed by atoms with Crippen molar-refractivity contribution in [1.29, 1.82) is 0 Å². The third-order valence-electron chi connectivity index (χ3n) is 2.53. The van der Waals surface area contributed by atoms with E-state index in [1.54, 1.807) is 12.1 Å². The smallest absolute Gasteiger partial charge is 0.0935 e. The highest BCUT2D eigenvalue weighted by molar-refractivity contribution is 6.41. The summed E-state index contributed by atoms with van der Waals surface area (Å²) in [6.45, 7) is 1.90. The van der Waals surface area contributed by atoms with E-state index in [0.717, 1.165) is 11.3 Å². The van der Waals surface area contributed by atoms with Crippen molar-refractivity contribution in [3.8, 4) is 0 Å². The summed E-state index contributed by atoms with van der Waals surface area (Å²) < 4.78 is 0. The second kappa shape index (κ2) is 6.29. The molecular weight excluding hydrogens is 303 g/mol. The molecule has 2 aromatic carbocycles. The molecule has 0 atom stereocenters. The van der Waals surface area contributed by atoms with Crippen LogP contribution >= 0.6 is 34.8 Å². The summed E-state index contributed by atoms with van der Waals surface area (Å²) in [7, 11) is 0. The number of benzene rings is 2. The Hall–Kier alpha value is -1.22. The first-order valence-electron chi connectivity index (χ1n) is 5.58. The fourth-order valence-electron chi connectivity index (χ4n) is 1.53. The molecule has 2 nitrogen and oxygen atoms in total. The van der Waals surface area contributed by atoms with Gasteiger partial charge in [0.2, 0.25) is 0 Å². The molecule has 5 heteroatoms. The average molecular weight is 314 g/mol. The normalized spacial score (nSPS) is 11.5. The van der Waals surface area contributed by atoms with E-state index in [1.807, 2.05) is 37.3 Å². The molecule has 0 radical (unpaired) electrons. The Morgan fingerprint density at radius 1 is 1.00 bits per heavy atom. The molecule has 0 aliphatic carbocycles. The van der Waals surface area contributed by atoms with Crippen molar-refractivity contribution in [2.45, 2.75) is 6.92 Å². The van der Waals surface area contributed by atoms with Gasteiger partial charge in [-0.1, -0.05) is 65.1 Å². The van der Waals surface area contributed by atoms with Crippen molar-refractivity contribution in [3.63, 3.8) is 0 Å². The van der Waals surface area contributed by atoms with Gasteiger partial charge >= 0.3 is 0 Å². The number of nitrogens with one attached hydrogen (secondary N) is 1. The summed E-state index contributed by atoms with van der Waals surface area (Å²) in [6, 6.07) is 13.1. The van der Waals surface area contributed by atoms with Gasteiger partial charge in [-0.2, -0.15) is 5.10 Å². The molecule has 0 aromatic heterocycles. The molecule has 0 fully saturated rings. The molecule has 1 N–H and O–H groups in total. The fourth-order valence-corrected chi connectivity index (χ4v) is 2.43. The van der Waals surface area contributed by atoms with E-state index in [1.165, 1.54) is 0 Å². The van der Waals surface area contributed by atoms with Gasteiger partial charge in [0.15, 0.2) is 0 Å². The van der Waals surface area contributed by atoms with Crippen molar-refractivity contribution in [2.24, 2.45) is 5.10 Å². The maximum Gasteiger partial charge on any atom is 0.0935 e. The minimum absolute atomic E-state index is 0.433. The Kier molecular flexibility index (Phi) is 4.70. The van der Waals surface area contributed by atoms with Crippen LogP contribution in [0.1, 0.15) is 12.5 Å². The zero-order chi connectivity index (χ0) is 13.8. The van der Waals surface area contributed by atoms with Crippen molar-refractivity contribution >= 4 is 46.2 Å². The lowest BCUT2D eigenvalue weighted by molar-refractivity contribution is 1.32. The lowest BCUT2D eigenvalue weighted by Crippen LogP contribution is -2.00. The van der Waals surface area contributed by atoms with Crippen LogP contribution in [0.2, 0.25) is 15.1 Å². The highest BCUT2D eigenvalue weighted by atomic mass is 35.5. The van der Waals surface area contributed by atoms with Gasteiger partial charge in [0.05, 0.1) is 21.4 Å². The quantitative estimate of drug-likeness (QED) is 0.588. The number of anilines is 1. The number of hydrazone groups is 1. The van der Waals surface area contributed by atoms with Crippen LogP contribution in [-0.2, 0) is 0 Å². The molecular formula is C14H11Cl3N2. The Labute approximate surface area is 127 Å². The molecule has 0 aliphatic heterocycles. The van der Waals surface area contributed by atoms with Gasteiger partial charge in [0, 0.05) is 5.02 Å². The van der Waals surface area contributed by atoms with E-state index in [2.05, 4.69) is 10.5 Å². The summed E-state index contributed by atoms with van der Waals surface area (Å²) in [5, 5.41) is 5.63. The largest absolute Gasteiger partial charge is 0.275 e. The Morgan fingerprint density at radius 2 is 1.58 bits per heavy atom. The number of rotatable bonds is 3. The first-order chi connectivity index (χ1) is 9.08. The van der Waals surface area contributed by atoms with Crippen molar-refractivity contribution in [3.05, 3.63) is 63.1 Å². The Balaban J connectivity index is 2.23. The van der Waals surface area contributed by atoms with Crippen LogP contribution in [0.5, 0.6) is 0 Å². The summed E-state index contributed by atoms with van der Waals surface area (Å²) >= 11 is 18.0. The van der Waals surface area contributed by atoms with Gasteiger partial charge in [-0.15, -0.1) is 0 Å². The van der Waals surface area contributed by atoms with Gasteiger partial charge < -0.3 is 0 Å². The van der Waals surface area contributed by atoms with Crippen molar-refractivity contribution < 1.29 is 0 Å². The van der Waals surface area contributed by atoms with E-state index in [4.69, 9.17) is 34.8 Å². The Morgan fingerprint density at radius 3 is 2.16 bits per heavy atom. The molecule has 0 heterocycles. The molecule has 2 aromatic rings. The number of nitrogens with zero attached hydrogens (tertiary/aromatic N) is 1. The van der Waals surface area contributed by atoms with Crippen LogP contribution in [0.4, 0.5) is 5.69 Å². The highest BCUT2D eigenvalue weighted by Crippen LogP contribution is 2.33. The second-order valence-electron chi connectivity index (χ2n) is 3.92. The monoisotopic (exact) mass is 312 g/mol. The molecule has 0 saturated heterocycles. The minimum Gasteiger partial charge on any atom is -0.275 e. The standard InChI is InChI=1S/C14H11Cl3N2/c1-9(10-5-3-2-4-6-10)18-19-14-12(16)7-11(15)8-13(14)17/h2-8,19H,1H3. The van der Waals surface area contributed by atoms with Crippen LogP contribution in [0, 0.1) is 0 Å². The molecule has 0 spiro atoms. The zero-order valence-corrected chi connectivity index (χ0v) is 12.4. The Bertz CT molecular complexity index is 586. The fraction of sp³-hybridized carbons (Fsp3) is 0.0714. The van der Waals surface area contributed by atoms with E-state index in [0.29, 0.717) is 20.8 Å². The topological polar surface area (TPSA) is 24.4 Å². The van der Waals surface area contributed by atoms with Gasteiger partial charge in [-0.25, -0.2) is 0 Å². The van der Waals surface area contributed by atoms with Crippen LogP contribution in [0.15, 0.2) is 47.6 Å². The summed E-state index contributed by atoms with van der Waals surface area (Å²) in [6.07, 6.45) is 0. The predicted octanol–water partition coefficient (Wildman–Crippen LogP) is 5.48. The highest BCUT2D eigenvalue weighted by Gasteiger charge is 2.07. The van der Waals surface area contributed by atoms with Crippen molar-refractivity contribution in [1.82, 2.24) is 0 Å². The van der Waals surface area contributed by atoms with Crippen LogP contribution in [-0.4, -0.2) is 5.71 Å². The third-order valence-corrected chi connectivity index (χ3v) is 3.35. The molecule has 98 valence electrons. The maximum atomic E-state index is 6.06. The summed E-state index contributed by atoms with van der Waals surface area (Å²) in [5.41, 5.74) is 5.28. The predicted molar refractivity (Wildman–Crippen MR) is 83.7 cm³/mol. The van der Waals surface area contributed by atoms with E-state index in [-0.39, 0.29) is 0 Å². The van der Waals surface area contributed by atoms with E-state index < -0.39 is 0 Å². The number of hydrogen-bond donors (Lipinski definition) is 1. The molecule has 0 bridgehead atoms. The summed E-state index contributed by atoms with van der Waals surface area (Å²) in [5.74, 6) is 0. The van der Waals surface area contributed by atoms with Crippen LogP contribution in [0.25, 0.3) is 0 Å². The molecule has 0 aliphatic rings. The third kappa shape index (κ3) is 3.63. The van der Waals surface area contributed by atoms with Gasteiger partial charge in [0.1, 0.15) is 0 Å². The summed E-state index contributed by atoms with van der Waals surface area (Å²) in [4.78, 5) is 0. The maximum absolute atomic E-state index is 6.06.